The zero-order valence-corrected chi connectivity index (χ0v) is 19.9. The van der Waals surface area contributed by atoms with Crippen LogP contribution in [0.1, 0.15) is 18.1 Å². The Balaban J connectivity index is 1.83. The smallest absolute Gasteiger partial charge is 0.231 e. The second-order valence-corrected chi connectivity index (χ2v) is 16.2. The molecule has 3 rings (SSSR count). The number of benzene rings is 2. The summed E-state index contributed by atoms with van der Waals surface area (Å²) in [6.45, 7) is 13.3. The number of fused-ring (bicyclic) bond motifs is 1. The molecule has 150 valence electrons. The van der Waals surface area contributed by atoms with E-state index < -0.39 is 17.4 Å². The number of aromatic hydroxyl groups is 1. The van der Waals surface area contributed by atoms with Crippen LogP contribution >= 0.6 is 0 Å². The summed E-state index contributed by atoms with van der Waals surface area (Å²) in [4.78, 5) is 4.56. The molecular formula is C22H31NO3Si2. The molecule has 0 amide bonds. The predicted molar refractivity (Wildman–Crippen MR) is 121 cm³/mol. The average Bonchev–Trinajstić information content (AvgIpc) is 2.99. The van der Waals surface area contributed by atoms with Gasteiger partial charge >= 0.3 is 0 Å². The van der Waals surface area contributed by atoms with E-state index in [-0.39, 0.29) is 5.75 Å². The van der Waals surface area contributed by atoms with Crippen molar-refractivity contribution in [2.24, 2.45) is 5.92 Å². The molecular weight excluding hydrogens is 382 g/mol. The summed E-state index contributed by atoms with van der Waals surface area (Å²) in [7, 11) is -2.67. The van der Waals surface area contributed by atoms with Crippen LogP contribution in [0, 0.1) is 12.8 Å². The van der Waals surface area contributed by atoms with Crippen molar-refractivity contribution in [3.8, 4) is 17.2 Å². The Hall–Kier alpha value is -1.90. The second-order valence-electron chi connectivity index (χ2n) is 8.89. The van der Waals surface area contributed by atoms with E-state index in [1.165, 1.54) is 0 Å². The van der Waals surface area contributed by atoms with Crippen LogP contribution in [-0.4, -0.2) is 27.4 Å². The fraction of sp³-hybridized carbons (Fsp3) is 0.409. The van der Waals surface area contributed by atoms with Gasteiger partial charge in [0.15, 0.2) is 22.9 Å². The van der Waals surface area contributed by atoms with Crippen molar-refractivity contribution in [3.63, 3.8) is 0 Å². The van der Waals surface area contributed by atoms with Crippen LogP contribution < -0.4 is 0 Å². The molecule has 0 aliphatic rings. The summed E-state index contributed by atoms with van der Waals surface area (Å²) in [5, 5.41) is 10.9. The molecule has 0 saturated carbocycles. The minimum absolute atomic E-state index is 0.282. The van der Waals surface area contributed by atoms with Gasteiger partial charge in [0.05, 0.1) is 5.56 Å². The first-order chi connectivity index (χ1) is 13.1. The Morgan fingerprint density at radius 3 is 2.61 bits per heavy atom. The highest BCUT2D eigenvalue weighted by atomic mass is 28.4. The van der Waals surface area contributed by atoms with Gasteiger partial charge in [0.2, 0.25) is 5.89 Å². The molecule has 1 heterocycles. The summed E-state index contributed by atoms with van der Waals surface area (Å²) in [5.74, 6) is 1.22. The molecule has 0 fully saturated rings. The number of oxazole rings is 1. The van der Waals surface area contributed by atoms with Gasteiger partial charge in [0.25, 0.3) is 0 Å². The number of hydrogen-bond acceptors (Lipinski definition) is 4. The van der Waals surface area contributed by atoms with Gasteiger partial charge in [-0.1, -0.05) is 25.1 Å². The molecule has 2 atom stereocenters. The molecule has 3 aromatic rings. The van der Waals surface area contributed by atoms with Crippen LogP contribution in [0.3, 0.4) is 0 Å². The normalized spacial score (nSPS) is 14.4. The van der Waals surface area contributed by atoms with Gasteiger partial charge in [-0.15, -0.1) is 0 Å². The lowest BCUT2D eigenvalue weighted by Crippen LogP contribution is -2.34. The minimum Gasteiger partial charge on any atom is -0.507 e. The maximum absolute atomic E-state index is 10.9. The van der Waals surface area contributed by atoms with E-state index in [4.69, 9.17) is 8.53 Å². The Morgan fingerprint density at radius 2 is 1.93 bits per heavy atom. The standard InChI is InChI=1S/C22H31NO3Si2/c1-15-11-17(12-16(2)14-27(3)26-28(4,5)6)21(24)18(13-15)22-23-19-9-7-8-10-20(19)25-22/h7-11,13,16,24,27H,12,14H2,1-6H3. The fourth-order valence-electron chi connectivity index (χ4n) is 3.84. The fourth-order valence-corrected chi connectivity index (χ4v) is 10.4. The number of phenols is 1. The van der Waals surface area contributed by atoms with Crippen molar-refractivity contribution < 1.29 is 13.6 Å². The Bertz CT molecular complexity index is 929. The van der Waals surface area contributed by atoms with E-state index in [0.29, 0.717) is 17.4 Å². The zero-order valence-electron chi connectivity index (χ0n) is 17.7. The average molecular weight is 414 g/mol. The Labute approximate surface area is 170 Å². The van der Waals surface area contributed by atoms with E-state index in [1.807, 2.05) is 37.3 Å². The van der Waals surface area contributed by atoms with E-state index in [9.17, 15) is 5.11 Å². The third kappa shape index (κ3) is 5.13. The molecule has 0 saturated heterocycles. The lowest BCUT2D eigenvalue weighted by atomic mass is 9.97. The quantitative estimate of drug-likeness (QED) is 0.490. The van der Waals surface area contributed by atoms with Gasteiger partial charge in [0.1, 0.15) is 11.3 Å². The summed E-state index contributed by atoms with van der Waals surface area (Å²) < 4.78 is 12.2. The van der Waals surface area contributed by atoms with Gasteiger partial charge in [-0.2, -0.15) is 0 Å². The number of para-hydroxylation sites is 2. The van der Waals surface area contributed by atoms with E-state index in [1.54, 1.807) is 0 Å². The van der Waals surface area contributed by atoms with Crippen molar-refractivity contribution in [2.75, 3.05) is 0 Å². The van der Waals surface area contributed by atoms with E-state index in [2.05, 4.69) is 44.2 Å². The summed E-state index contributed by atoms with van der Waals surface area (Å²) in [6, 6.07) is 12.8. The molecule has 0 spiro atoms. The molecule has 0 bridgehead atoms. The number of hydrogen-bond donors (Lipinski definition) is 1. The summed E-state index contributed by atoms with van der Waals surface area (Å²) >= 11 is 0. The molecule has 2 unspecified atom stereocenters. The number of aryl methyl sites for hydroxylation is 1. The number of aromatic nitrogens is 1. The minimum atomic E-state index is -1.48. The predicted octanol–water partition coefficient (Wildman–Crippen LogP) is 5.89. The molecule has 6 heteroatoms. The summed E-state index contributed by atoms with van der Waals surface area (Å²) in [5.41, 5.74) is 4.26. The van der Waals surface area contributed by atoms with Gasteiger partial charge in [-0.05, 0) is 80.8 Å². The maximum Gasteiger partial charge on any atom is 0.231 e. The van der Waals surface area contributed by atoms with E-state index >= 15 is 0 Å². The second kappa shape index (κ2) is 8.23. The van der Waals surface area contributed by atoms with Gasteiger partial charge in [-0.25, -0.2) is 4.98 Å². The molecule has 0 radical (unpaired) electrons. The first kappa shape index (κ1) is 20.8. The van der Waals surface area contributed by atoms with Crippen molar-refractivity contribution >= 4 is 28.5 Å². The highest BCUT2D eigenvalue weighted by molar-refractivity contribution is 6.77. The largest absolute Gasteiger partial charge is 0.507 e. The first-order valence-corrected chi connectivity index (χ1v) is 15.8. The van der Waals surface area contributed by atoms with Crippen LogP contribution in [0.5, 0.6) is 5.75 Å². The molecule has 1 N–H and O–H groups in total. The van der Waals surface area contributed by atoms with Gasteiger partial charge < -0.3 is 13.6 Å². The number of nitrogens with zero attached hydrogens (tertiary/aromatic N) is 1. The molecule has 0 aliphatic carbocycles. The van der Waals surface area contributed by atoms with Crippen molar-refractivity contribution in [1.82, 2.24) is 4.98 Å². The third-order valence-corrected chi connectivity index (χ3v) is 10.6. The molecule has 0 aliphatic heterocycles. The van der Waals surface area contributed by atoms with Crippen LogP contribution in [0.15, 0.2) is 40.8 Å². The van der Waals surface area contributed by atoms with Crippen molar-refractivity contribution in [2.45, 2.75) is 52.5 Å². The number of phenolic OH excluding ortho intramolecular Hbond substituents is 1. The summed E-state index contributed by atoms with van der Waals surface area (Å²) in [6.07, 6.45) is 0.827. The lowest BCUT2D eigenvalue weighted by Gasteiger charge is -2.25. The SMILES string of the molecule is Cc1cc(CC(C)C[SiH](C)O[Si](C)(C)C)c(O)c(-c2nc3ccccc3o2)c1. The van der Waals surface area contributed by atoms with Gasteiger partial charge in [0, 0.05) is 0 Å². The number of rotatable bonds is 7. The molecule has 2 aromatic carbocycles. The molecule has 1 aromatic heterocycles. The van der Waals surface area contributed by atoms with Crippen LogP contribution in [0.25, 0.3) is 22.6 Å². The monoisotopic (exact) mass is 413 g/mol. The third-order valence-electron chi connectivity index (χ3n) is 4.71. The van der Waals surface area contributed by atoms with Crippen molar-refractivity contribution in [1.29, 1.82) is 0 Å². The van der Waals surface area contributed by atoms with Crippen molar-refractivity contribution in [3.05, 3.63) is 47.5 Å². The molecule has 28 heavy (non-hydrogen) atoms. The van der Waals surface area contributed by atoms with E-state index in [0.717, 1.165) is 34.7 Å². The van der Waals surface area contributed by atoms with Crippen LogP contribution in [0.4, 0.5) is 0 Å². The highest BCUT2D eigenvalue weighted by Gasteiger charge is 2.22. The zero-order chi connectivity index (χ0) is 20.5. The Morgan fingerprint density at radius 1 is 1.21 bits per heavy atom. The first-order valence-electron chi connectivity index (χ1n) is 9.98. The highest BCUT2D eigenvalue weighted by Crippen LogP contribution is 2.36. The van der Waals surface area contributed by atoms with Crippen LogP contribution in [0.2, 0.25) is 32.2 Å². The lowest BCUT2D eigenvalue weighted by molar-refractivity contribution is 0.459. The maximum atomic E-state index is 10.9. The topological polar surface area (TPSA) is 55.5 Å². The van der Waals surface area contributed by atoms with Crippen LogP contribution in [-0.2, 0) is 10.5 Å². The van der Waals surface area contributed by atoms with Gasteiger partial charge in [-0.3, -0.25) is 0 Å². The Kier molecular flexibility index (Phi) is 6.12. The molecule has 4 nitrogen and oxygen atoms in total.